The number of carbonyl (C=O) groups excluding carboxylic acids is 2. The molecule has 6 nitrogen and oxygen atoms in total. The molecule has 1 amide bonds. The molecular formula is C21H18Cl2FNO5. The molecule has 0 spiro atoms. The van der Waals surface area contributed by atoms with Crippen LogP contribution < -0.4 is 4.74 Å². The second-order valence-corrected chi connectivity index (χ2v) is 7.29. The van der Waals surface area contributed by atoms with Gasteiger partial charge in [-0.15, -0.1) is 0 Å². The minimum absolute atomic E-state index is 0.0287. The predicted octanol–water partition coefficient (Wildman–Crippen LogP) is 4.21. The third-order valence-electron chi connectivity index (χ3n) is 4.75. The van der Waals surface area contributed by atoms with Gasteiger partial charge < -0.3 is 19.5 Å². The van der Waals surface area contributed by atoms with Gasteiger partial charge in [0.05, 0.1) is 35.4 Å². The lowest BCUT2D eigenvalue weighted by Gasteiger charge is -2.25. The topological polar surface area (TPSA) is 76.1 Å². The number of amides is 1. The molecule has 1 aliphatic heterocycles. The number of aliphatic hydroxyl groups excluding tert-OH is 1. The first-order valence-corrected chi connectivity index (χ1v) is 9.62. The maximum Gasteiger partial charge on any atom is 0.295 e. The second-order valence-electron chi connectivity index (χ2n) is 6.48. The first-order valence-electron chi connectivity index (χ1n) is 8.87. The third-order valence-corrected chi connectivity index (χ3v) is 5.31. The SMILES string of the molecule is COCCN1C(=O)C(=O)/C(=C(/O)c2cc(Cl)c(OC)c(Cl)c2)C1c1ccccc1F. The summed E-state index contributed by atoms with van der Waals surface area (Å²) in [6, 6.07) is 7.30. The monoisotopic (exact) mass is 453 g/mol. The molecule has 0 saturated carbocycles. The fraction of sp³-hybridized carbons (Fsp3) is 0.238. The van der Waals surface area contributed by atoms with Crippen molar-refractivity contribution in [2.24, 2.45) is 0 Å². The van der Waals surface area contributed by atoms with E-state index in [2.05, 4.69) is 0 Å². The van der Waals surface area contributed by atoms with Crippen LogP contribution >= 0.6 is 23.2 Å². The van der Waals surface area contributed by atoms with Crippen molar-refractivity contribution in [3.8, 4) is 5.75 Å². The van der Waals surface area contributed by atoms with Crippen molar-refractivity contribution in [2.45, 2.75) is 6.04 Å². The van der Waals surface area contributed by atoms with E-state index < -0.39 is 29.3 Å². The molecule has 1 heterocycles. The Balaban J connectivity index is 2.22. The molecule has 3 rings (SSSR count). The summed E-state index contributed by atoms with van der Waals surface area (Å²) in [4.78, 5) is 26.7. The number of aliphatic hydroxyl groups is 1. The van der Waals surface area contributed by atoms with Crippen molar-refractivity contribution in [1.29, 1.82) is 0 Å². The highest BCUT2D eigenvalue weighted by Crippen LogP contribution is 2.42. The molecule has 1 atom stereocenters. The van der Waals surface area contributed by atoms with Gasteiger partial charge in [0.25, 0.3) is 11.7 Å². The van der Waals surface area contributed by atoms with Crippen LogP contribution in [-0.4, -0.2) is 49.1 Å². The fourth-order valence-electron chi connectivity index (χ4n) is 3.37. The summed E-state index contributed by atoms with van der Waals surface area (Å²) in [5.41, 5.74) is -0.101. The first-order chi connectivity index (χ1) is 14.3. The quantitative estimate of drug-likeness (QED) is 0.402. The van der Waals surface area contributed by atoms with Crippen LogP contribution in [0.15, 0.2) is 42.0 Å². The van der Waals surface area contributed by atoms with Crippen molar-refractivity contribution < 1.29 is 28.6 Å². The van der Waals surface area contributed by atoms with Gasteiger partial charge in [0.15, 0.2) is 5.75 Å². The van der Waals surface area contributed by atoms with Gasteiger partial charge in [0, 0.05) is 24.8 Å². The lowest BCUT2D eigenvalue weighted by molar-refractivity contribution is -0.140. The van der Waals surface area contributed by atoms with Crippen molar-refractivity contribution >= 4 is 40.7 Å². The second kappa shape index (κ2) is 9.04. The summed E-state index contributed by atoms with van der Waals surface area (Å²) < 4.78 is 24.7. The fourth-order valence-corrected chi connectivity index (χ4v) is 4.01. The van der Waals surface area contributed by atoms with Crippen LogP contribution in [0.1, 0.15) is 17.2 Å². The summed E-state index contributed by atoms with van der Waals surface area (Å²) in [5, 5.41) is 11.2. The zero-order valence-corrected chi connectivity index (χ0v) is 17.6. The van der Waals surface area contributed by atoms with Crippen molar-refractivity contribution in [1.82, 2.24) is 4.90 Å². The average Bonchev–Trinajstić information content (AvgIpc) is 2.96. The van der Waals surface area contributed by atoms with Gasteiger partial charge in [-0.05, 0) is 18.2 Å². The van der Waals surface area contributed by atoms with Crippen LogP contribution in [0.2, 0.25) is 10.0 Å². The molecule has 1 unspecified atom stereocenters. The van der Waals surface area contributed by atoms with E-state index in [1.54, 1.807) is 6.07 Å². The Kier molecular flexibility index (Phi) is 6.65. The summed E-state index contributed by atoms with van der Waals surface area (Å²) in [7, 11) is 2.82. The molecule has 2 aromatic rings. The number of rotatable bonds is 6. The summed E-state index contributed by atoms with van der Waals surface area (Å²) in [5.74, 6) is -2.76. The molecule has 2 aromatic carbocycles. The number of Topliss-reactive ketones (excluding diaryl/α,β-unsaturated/α-hetero) is 1. The number of nitrogens with zero attached hydrogens (tertiary/aromatic N) is 1. The number of hydrogen-bond donors (Lipinski definition) is 1. The van der Waals surface area contributed by atoms with Crippen LogP contribution in [0.3, 0.4) is 0 Å². The highest BCUT2D eigenvalue weighted by atomic mass is 35.5. The van der Waals surface area contributed by atoms with Gasteiger partial charge >= 0.3 is 0 Å². The lowest BCUT2D eigenvalue weighted by atomic mass is 9.95. The van der Waals surface area contributed by atoms with Gasteiger partial charge in [-0.3, -0.25) is 9.59 Å². The Morgan fingerprint density at radius 1 is 1.17 bits per heavy atom. The van der Waals surface area contributed by atoms with Crippen molar-refractivity contribution in [3.63, 3.8) is 0 Å². The number of likely N-dealkylation sites (tertiary alicyclic amines) is 1. The number of ether oxygens (including phenoxy) is 2. The Morgan fingerprint density at radius 3 is 2.37 bits per heavy atom. The molecule has 1 aliphatic rings. The summed E-state index contributed by atoms with van der Waals surface area (Å²) in [6.45, 7) is 0.152. The predicted molar refractivity (Wildman–Crippen MR) is 110 cm³/mol. The first kappa shape index (κ1) is 22.1. The number of hydrogen-bond acceptors (Lipinski definition) is 5. The van der Waals surface area contributed by atoms with E-state index in [1.165, 1.54) is 49.5 Å². The molecule has 0 bridgehead atoms. The maximum atomic E-state index is 14.6. The number of halogens is 3. The Morgan fingerprint density at radius 2 is 1.80 bits per heavy atom. The molecule has 1 fully saturated rings. The zero-order valence-electron chi connectivity index (χ0n) is 16.1. The van der Waals surface area contributed by atoms with Crippen molar-refractivity contribution in [2.75, 3.05) is 27.4 Å². The van der Waals surface area contributed by atoms with Gasteiger partial charge in [0.2, 0.25) is 0 Å². The molecule has 0 aromatic heterocycles. The molecule has 9 heteroatoms. The van der Waals surface area contributed by atoms with E-state index >= 15 is 0 Å². The number of ketones is 1. The maximum absolute atomic E-state index is 14.6. The summed E-state index contributed by atoms with van der Waals surface area (Å²) >= 11 is 12.3. The number of methoxy groups -OCH3 is 2. The Labute approximate surface area is 182 Å². The molecule has 0 aliphatic carbocycles. The van der Waals surface area contributed by atoms with E-state index in [4.69, 9.17) is 32.7 Å². The third kappa shape index (κ3) is 3.88. The van der Waals surface area contributed by atoms with Crippen LogP contribution in [0, 0.1) is 5.82 Å². The Bertz CT molecular complexity index is 1020. The van der Waals surface area contributed by atoms with Gasteiger partial charge in [-0.2, -0.15) is 0 Å². The highest BCUT2D eigenvalue weighted by Gasteiger charge is 2.46. The average molecular weight is 454 g/mol. The van der Waals surface area contributed by atoms with E-state index in [9.17, 15) is 19.1 Å². The molecule has 1 N–H and O–H groups in total. The molecule has 30 heavy (non-hydrogen) atoms. The molecule has 1 saturated heterocycles. The van der Waals surface area contributed by atoms with E-state index in [-0.39, 0.29) is 45.6 Å². The van der Waals surface area contributed by atoms with E-state index in [1.807, 2.05) is 0 Å². The van der Waals surface area contributed by atoms with E-state index in [0.29, 0.717) is 0 Å². The largest absolute Gasteiger partial charge is 0.507 e. The van der Waals surface area contributed by atoms with Crippen LogP contribution in [0.5, 0.6) is 5.75 Å². The molecular weight excluding hydrogens is 436 g/mol. The van der Waals surface area contributed by atoms with Gasteiger partial charge in [0.1, 0.15) is 11.6 Å². The summed E-state index contributed by atoms with van der Waals surface area (Å²) in [6.07, 6.45) is 0. The smallest absolute Gasteiger partial charge is 0.295 e. The molecule has 158 valence electrons. The normalized spacial score (nSPS) is 18.2. The lowest BCUT2D eigenvalue weighted by Crippen LogP contribution is -2.33. The van der Waals surface area contributed by atoms with Crippen molar-refractivity contribution in [3.05, 3.63) is 69.0 Å². The zero-order chi connectivity index (χ0) is 22.0. The van der Waals surface area contributed by atoms with Crippen LogP contribution in [-0.2, 0) is 14.3 Å². The van der Waals surface area contributed by atoms with Crippen LogP contribution in [0.4, 0.5) is 4.39 Å². The minimum Gasteiger partial charge on any atom is -0.507 e. The number of carbonyl (C=O) groups is 2. The standard InChI is InChI=1S/C21H18Cl2FNO5/c1-29-8-7-25-17(12-5-3-4-6-15(12)24)16(19(27)21(25)28)18(26)11-9-13(22)20(30-2)14(23)10-11/h3-6,9-10,17,26H,7-8H2,1-2H3/b18-16+. The van der Waals surface area contributed by atoms with Gasteiger partial charge in [-0.25, -0.2) is 4.39 Å². The minimum atomic E-state index is -1.14. The van der Waals surface area contributed by atoms with Gasteiger partial charge in [-0.1, -0.05) is 41.4 Å². The van der Waals surface area contributed by atoms with E-state index in [0.717, 1.165) is 0 Å². The van der Waals surface area contributed by atoms with Crippen LogP contribution in [0.25, 0.3) is 5.76 Å². The number of benzene rings is 2. The Hall–Kier alpha value is -2.61. The highest BCUT2D eigenvalue weighted by molar-refractivity contribution is 6.46. The molecule has 0 radical (unpaired) electrons.